The molecule has 1 aromatic rings. The van der Waals surface area contributed by atoms with Crippen LogP contribution in [0, 0.1) is 18.3 Å². The number of hydrogen-bond acceptors (Lipinski definition) is 3. The summed E-state index contributed by atoms with van der Waals surface area (Å²) in [6, 6.07) is 3.52. The smallest absolute Gasteiger partial charge is 0.127 e. The molecule has 0 spiro atoms. The van der Waals surface area contributed by atoms with Gasteiger partial charge >= 0.3 is 0 Å². The average Bonchev–Trinajstić information content (AvgIpc) is 2.54. The van der Waals surface area contributed by atoms with Gasteiger partial charge in [0.25, 0.3) is 0 Å². The van der Waals surface area contributed by atoms with Crippen LogP contribution in [0.1, 0.15) is 58.1 Å². The van der Waals surface area contributed by atoms with Crippen molar-refractivity contribution in [3.63, 3.8) is 0 Å². The minimum absolute atomic E-state index is 0.0542. The highest BCUT2D eigenvalue weighted by molar-refractivity contribution is 5.47. The average molecular weight is 357 g/mol. The number of ether oxygens (including phenoxy) is 1. The summed E-state index contributed by atoms with van der Waals surface area (Å²) in [5.41, 5.74) is 2.90. The SMILES string of the molecule is C/C1=C/CC(C)(C)/C=C/C[C@@]2(C)Oc3cc(O)cc(C)c3C[C@@H]2C[C@H]1O. The highest BCUT2D eigenvalue weighted by Gasteiger charge is 2.42. The van der Waals surface area contributed by atoms with Gasteiger partial charge < -0.3 is 14.9 Å². The molecule has 0 saturated heterocycles. The van der Waals surface area contributed by atoms with Crippen LogP contribution in [0.15, 0.2) is 35.9 Å². The number of aliphatic hydroxyl groups is 1. The summed E-state index contributed by atoms with van der Waals surface area (Å²) < 4.78 is 6.47. The Balaban J connectivity index is 2.02. The lowest BCUT2D eigenvalue weighted by atomic mass is 9.75. The van der Waals surface area contributed by atoms with E-state index in [0.29, 0.717) is 6.42 Å². The number of rotatable bonds is 0. The molecule has 0 fully saturated rings. The molecule has 26 heavy (non-hydrogen) atoms. The number of aliphatic hydroxyl groups excluding tert-OH is 1. The first-order chi connectivity index (χ1) is 12.1. The Morgan fingerprint density at radius 2 is 1.85 bits per heavy atom. The number of hydrogen-bond donors (Lipinski definition) is 2. The molecule has 2 aliphatic rings. The molecule has 3 rings (SSSR count). The standard InChI is InChI=1S/C23H32O3/c1-15-7-10-22(3,4)8-6-9-23(5)17(13-20(15)25)12-19-16(2)11-18(24)14-21(19)26-23/h6-8,11,14,17,20,24-25H,9-10,12-13H2,1-5H3/b8-6+,15-7-/t17-,20-,23-/m1/s1. The van der Waals surface area contributed by atoms with E-state index in [2.05, 4.69) is 39.0 Å². The molecular formula is C23H32O3. The second kappa shape index (κ2) is 6.77. The Morgan fingerprint density at radius 3 is 2.58 bits per heavy atom. The molecule has 0 bridgehead atoms. The Morgan fingerprint density at radius 1 is 1.12 bits per heavy atom. The zero-order chi connectivity index (χ0) is 19.1. The molecule has 0 saturated carbocycles. The summed E-state index contributed by atoms with van der Waals surface area (Å²) >= 11 is 0. The van der Waals surface area contributed by atoms with Gasteiger partial charge in [-0.3, -0.25) is 0 Å². The highest BCUT2D eigenvalue weighted by Crippen LogP contribution is 2.44. The molecule has 0 unspecified atom stereocenters. The van der Waals surface area contributed by atoms with E-state index in [1.165, 1.54) is 0 Å². The Kier molecular flexibility index (Phi) is 4.96. The van der Waals surface area contributed by atoms with Crippen molar-refractivity contribution in [2.45, 2.75) is 72.0 Å². The second-order valence-corrected chi connectivity index (χ2v) is 9.05. The van der Waals surface area contributed by atoms with Gasteiger partial charge in [0, 0.05) is 18.4 Å². The first-order valence-corrected chi connectivity index (χ1v) is 9.63. The predicted molar refractivity (Wildman–Crippen MR) is 106 cm³/mol. The van der Waals surface area contributed by atoms with Crippen LogP contribution in [0.25, 0.3) is 0 Å². The minimum Gasteiger partial charge on any atom is -0.508 e. The summed E-state index contributed by atoms with van der Waals surface area (Å²) in [5, 5.41) is 20.8. The predicted octanol–water partition coefficient (Wildman–Crippen LogP) is 5.08. The largest absolute Gasteiger partial charge is 0.508 e. The van der Waals surface area contributed by atoms with Crippen molar-refractivity contribution in [2.24, 2.45) is 11.3 Å². The normalized spacial score (nSPS) is 34.3. The molecule has 1 aromatic carbocycles. The third-order valence-corrected chi connectivity index (χ3v) is 6.15. The molecule has 0 amide bonds. The van der Waals surface area contributed by atoms with Gasteiger partial charge in [-0.15, -0.1) is 0 Å². The van der Waals surface area contributed by atoms with E-state index in [1.807, 2.05) is 13.8 Å². The third kappa shape index (κ3) is 3.83. The maximum Gasteiger partial charge on any atom is 0.127 e. The monoisotopic (exact) mass is 356 g/mol. The summed E-state index contributed by atoms with van der Waals surface area (Å²) in [6.45, 7) is 10.6. The zero-order valence-corrected chi connectivity index (χ0v) is 16.7. The lowest BCUT2D eigenvalue weighted by Gasteiger charge is -2.43. The van der Waals surface area contributed by atoms with Gasteiger partial charge in [-0.05, 0) is 68.2 Å². The van der Waals surface area contributed by atoms with Gasteiger partial charge in [0.2, 0.25) is 0 Å². The summed E-state index contributed by atoms with van der Waals surface area (Å²) in [4.78, 5) is 0. The fourth-order valence-corrected chi connectivity index (χ4v) is 4.15. The Hall–Kier alpha value is -1.74. The fraction of sp³-hybridized carbons (Fsp3) is 0.565. The molecule has 1 aliphatic heterocycles. The second-order valence-electron chi connectivity index (χ2n) is 9.05. The number of aromatic hydroxyl groups is 1. The molecule has 1 aliphatic carbocycles. The van der Waals surface area contributed by atoms with Crippen LogP contribution < -0.4 is 4.74 Å². The molecule has 0 radical (unpaired) electrons. The van der Waals surface area contributed by atoms with Crippen molar-refractivity contribution in [1.29, 1.82) is 0 Å². The van der Waals surface area contributed by atoms with Crippen molar-refractivity contribution in [3.05, 3.63) is 47.1 Å². The van der Waals surface area contributed by atoms with E-state index >= 15 is 0 Å². The Bertz CT molecular complexity index is 744. The van der Waals surface area contributed by atoms with E-state index in [0.717, 1.165) is 41.7 Å². The quantitative estimate of drug-likeness (QED) is 0.637. The number of phenolic OH excluding ortho intramolecular Hbond substituents is 1. The van der Waals surface area contributed by atoms with Gasteiger partial charge in [0.05, 0.1) is 6.10 Å². The van der Waals surface area contributed by atoms with Crippen LogP contribution in [0.4, 0.5) is 0 Å². The Labute approximate surface area is 157 Å². The molecule has 0 aromatic heterocycles. The van der Waals surface area contributed by atoms with Crippen LogP contribution in [0.3, 0.4) is 0 Å². The topological polar surface area (TPSA) is 49.7 Å². The molecule has 2 N–H and O–H groups in total. The molecule has 3 nitrogen and oxygen atoms in total. The fourth-order valence-electron chi connectivity index (χ4n) is 4.15. The van der Waals surface area contributed by atoms with Gasteiger partial charge in [0.15, 0.2) is 0 Å². The number of benzene rings is 1. The first kappa shape index (κ1) is 19.0. The molecule has 3 heteroatoms. The zero-order valence-electron chi connectivity index (χ0n) is 16.7. The van der Waals surface area contributed by atoms with Crippen LogP contribution in [0.2, 0.25) is 0 Å². The van der Waals surface area contributed by atoms with Crippen LogP contribution >= 0.6 is 0 Å². The lowest BCUT2D eigenvalue weighted by molar-refractivity contribution is -0.00766. The van der Waals surface area contributed by atoms with Crippen molar-refractivity contribution in [1.82, 2.24) is 0 Å². The number of aryl methyl sites for hydroxylation is 1. The van der Waals surface area contributed by atoms with Crippen molar-refractivity contribution < 1.29 is 14.9 Å². The maximum absolute atomic E-state index is 10.8. The molecule has 142 valence electrons. The highest BCUT2D eigenvalue weighted by atomic mass is 16.5. The summed E-state index contributed by atoms with van der Waals surface area (Å²) in [5.74, 6) is 1.24. The summed E-state index contributed by atoms with van der Waals surface area (Å²) in [7, 11) is 0. The van der Waals surface area contributed by atoms with E-state index in [-0.39, 0.29) is 17.1 Å². The van der Waals surface area contributed by atoms with Crippen molar-refractivity contribution in [2.75, 3.05) is 0 Å². The van der Waals surface area contributed by atoms with Crippen LogP contribution in [-0.4, -0.2) is 21.9 Å². The molecule has 1 heterocycles. The van der Waals surface area contributed by atoms with Gasteiger partial charge in [-0.25, -0.2) is 0 Å². The number of allylic oxidation sites excluding steroid dienone is 2. The van der Waals surface area contributed by atoms with E-state index in [9.17, 15) is 10.2 Å². The lowest BCUT2D eigenvalue weighted by Crippen LogP contribution is -2.46. The third-order valence-electron chi connectivity index (χ3n) is 6.15. The number of phenols is 1. The van der Waals surface area contributed by atoms with Crippen LogP contribution in [0.5, 0.6) is 11.5 Å². The van der Waals surface area contributed by atoms with E-state index in [1.54, 1.807) is 12.1 Å². The van der Waals surface area contributed by atoms with Crippen LogP contribution in [-0.2, 0) is 6.42 Å². The van der Waals surface area contributed by atoms with Gasteiger partial charge in [0.1, 0.15) is 17.1 Å². The molecule has 3 atom stereocenters. The van der Waals surface area contributed by atoms with Crippen molar-refractivity contribution >= 4 is 0 Å². The molecular weight excluding hydrogens is 324 g/mol. The van der Waals surface area contributed by atoms with Gasteiger partial charge in [-0.1, -0.05) is 32.1 Å². The van der Waals surface area contributed by atoms with Crippen molar-refractivity contribution in [3.8, 4) is 11.5 Å². The van der Waals surface area contributed by atoms with E-state index in [4.69, 9.17) is 4.74 Å². The maximum atomic E-state index is 10.8. The number of fused-ring (bicyclic) bond motifs is 2. The first-order valence-electron chi connectivity index (χ1n) is 9.63. The van der Waals surface area contributed by atoms with E-state index < -0.39 is 11.7 Å². The van der Waals surface area contributed by atoms with Gasteiger partial charge in [-0.2, -0.15) is 0 Å². The minimum atomic E-state index is -0.448. The summed E-state index contributed by atoms with van der Waals surface area (Å²) in [6.07, 6.45) is 9.49.